The molecule has 0 unspecified atom stereocenters. The summed E-state index contributed by atoms with van der Waals surface area (Å²) in [6.45, 7) is 1.43. The molecule has 8 heteroatoms. The Morgan fingerprint density at radius 3 is 1.96 bits per heavy atom. The fraction of sp³-hybridized carbons (Fsp3) is 0.289. The molecule has 1 aliphatic carbocycles. The Morgan fingerprint density at radius 2 is 1.35 bits per heavy atom. The molecule has 4 aromatic carbocycles. The molecule has 1 amide bonds. The van der Waals surface area contributed by atoms with Crippen molar-refractivity contribution in [2.75, 3.05) is 30.9 Å². The SMILES string of the molecule is CN(C)c1nc(N[C@H]2CC[C@@H](CNC(=O)c3cc(OCc4ccccc4)cc(OCc4ccccc4)c3)CC2)nc2ccccc12. The van der Waals surface area contributed by atoms with Crippen LogP contribution in [-0.2, 0) is 13.2 Å². The lowest BCUT2D eigenvalue weighted by molar-refractivity contribution is 0.0942. The number of nitrogens with zero attached hydrogens (tertiary/aromatic N) is 3. The van der Waals surface area contributed by atoms with Gasteiger partial charge < -0.3 is 25.0 Å². The Morgan fingerprint density at radius 1 is 0.761 bits per heavy atom. The van der Waals surface area contributed by atoms with Gasteiger partial charge in [-0.1, -0.05) is 72.8 Å². The highest BCUT2D eigenvalue weighted by molar-refractivity contribution is 5.95. The molecule has 0 saturated heterocycles. The second-order valence-corrected chi connectivity index (χ2v) is 12.1. The Bertz CT molecular complexity index is 1680. The van der Waals surface area contributed by atoms with Crippen molar-refractivity contribution in [3.05, 3.63) is 120 Å². The third-order valence-electron chi connectivity index (χ3n) is 8.38. The number of anilines is 2. The molecule has 46 heavy (non-hydrogen) atoms. The lowest BCUT2D eigenvalue weighted by Gasteiger charge is -2.29. The number of nitrogens with one attached hydrogen (secondary N) is 2. The molecule has 0 spiro atoms. The van der Waals surface area contributed by atoms with Crippen molar-refractivity contribution in [2.45, 2.75) is 44.9 Å². The van der Waals surface area contributed by atoms with E-state index in [4.69, 9.17) is 19.4 Å². The monoisotopic (exact) mass is 615 g/mol. The van der Waals surface area contributed by atoms with Crippen LogP contribution >= 0.6 is 0 Å². The van der Waals surface area contributed by atoms with Gasteiger partial charge in [0.15, 0.2) is 0 Å². The molecular formula is C38H41N5O3. The molecule has 2 N–H and O–H groups in total. The van der Waals surface area contributed by atoms with E-state index in [9.17, 15) is 4.79 Å². The van der Waals surface area contributed by atoms with Crippen molar-refractivity contribution in [3.8, 4) is 11.5 Å². The zero-order valence-corrected chi connectivity index (χ0v) is 26.5. The van der Waals surface area contributed by atoms with Crippen LogP contribution < -0.4 is 25.0 Å². The Balaban J connectivity index is 1.05. The van der Waals surface area contributed by atoms with E-state index in [1.807, 2.05) is 104 Å². The van der Waals surface area contributed by atoms with E-state index >= 15 is 0 Å². The predicted octanol–water partition coefficient (Wildman–Crippen LogP) is 7.25. The highest BCUT2D eigenvalue weighted by Gasteiger charge is 2.23. The smallest absolute Gasteiger partial charge is 0.251 e. The van der Waals surface area contributed by atoms with Crippen molar-refractivity contribution >= 4 is 28.6 Å². The molecule has 0 bridgehead atoms. The second kappa shape index (κ2) is 14.8. The lowest BCUT2D eigenvalue weighted by atomic mass is 9.86. The predicted molar refractivity (Wildman–Crippen MR) is 184 cm³/mol. The topological polar surface area (TPSA) is 88.6 Å². The number of amides is 1. The van der Waals surface area contributed by atoms with Gasteiger partial charge in [-0.25, -0.2) is 4.98 Å². The number of benzene rings is 4. The van der Waals surface area contributed by atoms with Crippen LogP contribution in [0, 0.1) is 5.92 Å². The van der Waals surface area contributed by atoms with Gasteiger partial charge in [-0.05, 0) is 67.0 Å². The van der Waals surface area contributed by atoms with Gasteiger partial charge in [0.05, 0.1) is 5.52 Å². The zero-order valence-electron chi connectivity index (χ0n) is 26.5. The van der Waals surface area contributed by atoms with Crippen LogP contribution in [0.3, 0.4) is 0 Å². The van der Waals surface area contributed by atoms with Gasteiger partial charge in [0.2, 0.25) is 5.95 Å². The number of ether oxygens (including phenoxy) is 2. The molecule has 5 aromatic rings. The molecule has 1 aliphatic rings. The Kier molecular flexibility index (Phi) is 9.93. The standard InChI is InChI=1S/C38H41N5O3/c1-43(2)36-34-15-9-10-16-35(34)41-38(42-36)40-31-19-17-27(18-20-31)24-39-37(44)30-21-32(45-25-28-11-5-3-6-12-28)23-33(22-30)46-26-29-13-7-4-8-14-29/h3-16,21-23,27,31H,17-20,24-26H2,1-2H3,(H,39,44)(H,40,41,42)/t27-,31+. The van der Waals surface area contributed by atoms with E-state index in [1.165, 1.54) is 0 Å². The molecule has 1 fully saturated rings. The second-order valence-electron chi connectivity index (χ2n) is 12.1. The summed E-state index contributed by atoms with van der Waals surface area (Å²) in [6, 6.07) is 33.8. The molecule has 1 saturated carbocycles. The van der Waals surface area contributed by atoms with Crippen molar-refractivity contribution in [1.82, 2.24) is 15.3 Å². The Labute approximate surface area is 270 Å². The minimum absolute atomic E-state index is 0.129. The maximum Gasteiger partial charge on any atom is 0.251 e. The summed E-state index contributed by atoms with van der Waals surface area (Å²) in [7, 11) is 4.01. The average Bonchev–Trinajstić information content (AvgIpc) is 3.10. The first-order valence-corrected chi connectivity index (χ1v) is 16.0. The van der Waals surface area contributed by atoms with E-state index in [0.717, 1.165) is 53.5 Å². The molecule has 236 valence electrons. The van der Waals surface area contributed by atoms with Crippen LogP contribution in [0.4, 0.5) is 11.8 Å². The fourth-order valence-corrected chi connectivity index (χ4v) is 5.85. The van der Waals surface area contributed by atoms with E-state index in [0.29, 0.717) is 54.7 Å². The molecule has 0 aliphatic heterocycles. The van der Waals surface area contributed by atoms with E-state index in [2.05, 4.69) is 16.7 Å². The maximum absolute atomic E-state index is 13.4. The first kappa shape index (κ1) is 30.9. The van der Waals surface area contributed by atoms with Gasteiger partial charge in [-0.2, -0.15) is 4.98 Å². The minimum atomic E-state index is -0.129. The highest BCUT2D eigenvalue weighted by atomic mass is 16.5. The molecular weight excluding hydrogens is 574 g/mol. The number of rotatable bonds is 12. The summed E-state index contributed by atoms with van der Waals surface area (Å²) >= 11 is 0. The Hall–Kier alpha value is -5.11. The maximum atomic E-state index is 13.4. The van der Waals surface area contributed by atoms with Crippen LogP contribution in [0.15, 0.2) is 103 Å². The largest absolute Gasteiger partial charge is 0.489 e. The van der Waals surface area contributed by atoms with Crippen molar-refractivity contribution in [2.24, 2.45) is 5.92 Å². The third-order valence-corrected chi connectivity index (χ3v) is 8.38. The quantitative estimate of drug-likeness (QED) is 0.153. The summed E-state index contributed by atoms with van der Waals surface area (Å²) in [5.41, 5.74) is 3.57. The fourth-order valence-electron chi connectivity index (χ4n) is 5.85. The molecule has 0 radical (unpaired) electrons. The molecule has 1 aromatic heterocycles. The van der Waals surface area contributed by atoms with E-state index in [-0.39, 0.29) is 5.91 Å². The van der Waals surface area contributed by atoms with Crippen molar-refractivity contribution in [1.29, 1.82) is 0 Å². The van der Waals surface area contributed by atoms with Crippen LogP contribution in [0.2, 0.25) is 0 Å². The number of hydrogen-bond acceptors (Lipinski definition) is 7. The van der Waals surface area contributed by atoms with Gasteiger partial charge in [-0.15, -0.1) is 0 Å². The summed E-state index contributed by atoms with van der Waals surface area (Å²) < 4.78 is 12.2. The molecule has 6 rings (SSSR count). The number of carbonyl (C=O) groups excluding carboxylic acids is 1. The van der Waals surface area contributed by atoms with Crippen molar-refractivity contribution < 1.29 is 14.3 Å². The average molecular weight is 616 g/mol. The van der Waals surface area contributed by atoms with Gasteiger partial charge in [0, 0.05) is 43.7 Å². The van der Waals surface area contributed by atoms with Gasteiger partial charge in [0.25, 0.3) is 5.91 Å². The first-order valence-electron chi connectivity index (χ1n) is 16.0. The summed E-state index contributed by atoms with van der Waals surface area (Å²) in [4.78, 5) is 25.0. The lowest BCUT2D eigenvalue weighted by Crippen LogP contribution is -2.34. The van der Waals surface area contributed by atoms with Gasteiger partial charge in [0.1, 0.15) is 30.5 Å². The summed E-state index contributed by atoms with van der Waals surface area (Å²) in [5.74, 6) is 3.05. The summed E-state index contributed by atoms with van der Waals surface area (Å²) in [6.07, 6.45) is 4.01. The van der Waals surface area contributed by atoms with E-state index in [1.54, 1.807) is 12.1 Å². The number of para-hydroxylation sites is 1. The van der Waals surface area contributed by atoms with Gasteiger partial charge >= 0.3 is 0 Å². The molecule has 0 atom stereocenters. The van der Waals surface area contributed by atoms with Crippen LogP contribution in [0.1, 0.15) is 47.2 Å². The highest BCUT2D eigenvalue weighted by Crippen LogP contribution is 2.29. The number of carbonyl (C=O) groups is 1. The normalized spacial score (nSPS) is 16.0. The number of fused-ring (bicyclic) bond motifs is 1. The molecule has 1 heterocycles. The molecule has 8 nitrogen and oxygen atoms in total. The van der Waals surface area contributed by atoms with Crippen molar-refractivity contribution in [3.63, 3.8) is 0 Å². The minimum Gasteiger partial charge on any atom is -0.489 e. The third kappa shape index (κ3) is 8.13. The number of aromatic nitrogens is 2. The number of hydrogen-bond donors (Lipinski definition) is 2. The van der Waals surface area contributed by atoms with Gasteiger partial charge in [-0.3, -0.25) is 4.79 Å². The first-order chi connectivity index (χ1) is 22.5. The van der Waals surface area contributed by atoms with E-state index < -0.39 is 0 Å². The zero-order chi connectivity index (χ0) is 31.7. The van der Waals surface area contributed by atoms with Crippen LogP contribution in [-0.4, -0.2) is 42.6 Å². The summed E-state index contributed by atoms with van der Waals surface area (Å²) in [5, 5.41) is 7.79. The van der Waals surface area contributed by atoms with Crippen LogP contribution in [0.5, 0.6) is 11.5 Å². The van der Waals surface area contributed by atoms with Crippen LogP contribution in [0.25, 0.3) is 10.9 Å².